The summed E-state index contributed by atoms with van der Waals surface area (Å²) in [5.74, 6) is -6.64. The average Bonchev–Trinajstić information content (AvgIpc) is 3.41. The van der Waals surface area contributed by atoms with E-state index in [1.165, 1.54) is 30.3 Å². The first-order valence-corrected chi connectivity index (χ1v) is 11.7. The first-order valence-electron chi connectivity index (χ1n) is 11.3. The van der Waals surface area contributed by atoms with Crippen molar-refractivity contribution in [1.29, 1.82) is 0 Å². The molecule has 2 aromatic heterocycles. The van der Waals surface area contributed by atoms with Gasteiger partial charge in [-0.15, -0.1) is 23.4 Å². The Bertz CT molecular complexity index is 1590. The molecular weight excluding hydrogens is 596 g/mol. The summed E-state index contributed by atoms with van der Waals surface area (Å²) in [5, 5.41) is 17.6. The molecule has 0 fully saturated rings. The molecule has 2 aromatic carbocycles. The minimum absolute atomic E-state index is 0.122. The summed E-state index contributed by atoms with van der Waals surface area (Å²) in [6.45, 7) is -1.64. The highest BCUT2D eigenvalue weighted by Crippen LogP contribution is 2.33. The minimum atomic E-state index is -5.17. The van der Waals surface area contributed by atoms with Crippen molar-refractivity contribution in [2.24, 2.45) is 0 Å². The topological polar surface area (TPSA) is 100.0 Å². The normalized spacial score (nSPS) is 13.4. The number of aliphatic hydroxyl groups is 1. The van der Waals surface area contributed by atoms with Crippen LogP contribution in [0.15, 0.2) is 53.3 Å². The zero-order chi connectivity index (χ0) is 30.3. The van der Waals surface area contributed by atoms with Gasteiger partial charge in [0.05, 0.1) is 6.54 Å². The van der Waals surface area contributed by atoms with Crippen LogP contribution in [0, 0.1) is 0 Å². The van der Waals surface area contributed by atoms with Crippen molar-refractivity contribution in [2.45, 2.75) is 44.6 Å². The van der Waals surface area contributed by atoms with E-state index in [-0.39, 0.29) is 16.4 Å². The SMILES string of the molecule is CC(F)(F)c1nc(Cn2nc(-c3ccc(Cl)cc3)n(C[C@H](O)C(F)(F)F)c2=O)nn1-c1ccccc1OC(F)(F)F. The van der Waals surface area contributed by atoms with Gasteiger partial charge in [-0.25, -0.2) is 19.1 Å². The van der Waals surface area contributed by atoms with Gasteiger partial charge in [-0.3, -0.25) is 4.57 Å². The fourth-order valence-corrected chi connectivity index (χ4v) is 3.77. The van der Waals surface area contributed by atoms with Gasteiger partial charge in [-0.2, -0.15) is 22.0 Å². The smallest absolute Gasteiger partial charge is 0.403 e. The maximum absolute atomic E-state index is 14.5. The molecule has 41 heavy (non-hydrogen) atoms. The summed E-state index contributed by atoms with van der Waals surface area (Å²) < 4.78 is 112. The van der Waals surface area contributed by atoms with E-state index >= 15 is 0 Å². The summed E-state index contributed by atoms with van der Waals surface area (Å²) >= 11 is 5.84. The minimum Gasteiger partial charge on any atom is -0.403 e. The first-order chi connectivity index (χ1) is 18.9. The van der Waals surface area contributed by atoms with E-state index in [4.69, 9.17) is 11.6 Å². The number of alkyl halides is 8. The number of ether oxygens (including phenoxy) is 1. The summed E-state index contributed by atoms with van der Waals surface area (Å²) in [7, 11) is 0. The van der Waals surface area contributed by atoms with Crippen molar-refractivity contribution in [3.05, 3.63) is 75.7 Å². The van der Waals surface area contributed by atoms with Crippen LogP contribution in [0.4, 0.5) is 35.1 Å². The summed E-state index contributed by atoms with van der Waals surface area (Å²) in [6.07, 6.45) is -13.2. The molecule has 0 saturated carbocycles. The predicted molar refractivity (Wildman–Crippen MR) is 126 cm³/mol. The van der Waals surface area contributed by atoms with Gasteiger partial charge >= 0.3 is 24.2 Å². The molecule has 1 atom stereocenters. The van der Waals surface area contributed by atoms with E-state index in [2.05, 4.69) is 19.9 Å². The third-order valence-corrected chi connectivity index (χ3v) is 5.66. The van der Waals surface area contributed by atoms with E-state index in [0.29, 0.717) is 20.9 Å². The second-order valence-electron chi connectivity index (χ2n) is 8.61. The molecule has 9 nitrogen and oxygen atoms in total. The molecule has 18 heteroatoms. The lowest BCUT2D eigenvalue weighted by Crippen LogP contribution is -2.37. The van der Waals surface area contributed by atoms with Crippen LogP contribution >= 0.6 is 11.6 Å². The number of hydrogen-bond acceptors (Lipinski definition) is 6. The third kappa shape index (κ3) is 6.84. The Labute approximate surface area is 229 Å². The van der Waals surface area contributed by atoms with E-state index in [0.717, 1.165) is 18.2 Å². The molecule has 4 aromatic rings. The molecule has 2 heterocycles. The Hall–Kier alpha value is -3.99. The largest absolute Gasteiger partial charge is 0.573 e. The Morgan fingerprint density at radius 2 is 1.61 bits per heavy atom. The fraction of sp³-hybridized carbons (Fsp3) is 0.304. The van der Waals surface area contributed by atoms with Crippen molar-refractivity contribution < 1.29 is 45.0 Å². The first kappa shape index (κ1) is 30.0. The molecule has 0 amide bonds. The predicted octanol–water partition coefficient (Wildman–Crippen LogP) is 4.93. The van der Waals surface area contributed by atoms with Gasteiger partial charge in [-0.1, -0.05) is 23.7 Å². The van der Waals surface area contributed by atoms with Crippen LogP contribution < -0.4 is 10.4 Å². The number of hydrogen-bond donors (Lipinski definition) is 1. The number of nitrogens with zero attached hydrogens (tertiary/aromatic N) is 6. The fourth-order valence-electron chi connectivity index (χ4n) is 3.65. The van der Waals surface area contributed by atoms with Gasteiger partial charge in [0.1, 0.15) is 12.2 Å². The number of para-hydroxylation sites is 2. The number of halogens is 9. The lowest BCUT2D eigenvalue weighted by Gasteiger charge is -2.15. The van der Waals surface area contributed by atoms with E-state index in [9.17, 15) is 45.0 Å². The Morgan fingerprint density at radius 3 is 2.20 bits per heavy atom. The van der Waals surface area contributed by atoms with E-state index < -0.39 is 66.4 Å². The molecule has 0 spiro atoms. The zero-order valence-corrected chi connectivity index (χ0v) is 21.2. The monoisotopic (exact) mass is 612 g/mol. The number of aromatic nitrogens is 6. The molecule has 0 aliphatic rings. The molecule has 0 unspecified atom stereocenters. The molecule has 0 radical (unpaired) electrons. The van der Waals surface area contributed by atoms with Crippen LogP contribution in [-0.4, -0.2) is 52.9 Å². The standard InChI is InChI=1S/C23H17ClF8N6O3/c1-21(25,26)19-33-17(34-38(19)14-4-2-3-5-15(14)41-23(30,31)32)11-37-20(40)36(10-16(39)22(27,28)29)18(35-37)12-6-8-13(24)9-7-12/h2-9,16,39H,10-11H2,1H3/t16-/m0/s1. The molecule has 0 aliphatic carbocycles. The van der Waals surface area contributed by atoms with E-state index in [1.807, 2.05) is 0 Å². The molecule has 1 N–H and O–H groups in total. The van der Waals surface area contributed by atoms with Crippen molar-refractivity contribution >= 4 is 11.6 Å². The molecule has 0 bridgehead atoms. The molecule has 0 saturated heterocycles. The van der Waals surface area contributed by atoms with Gasteiger partial charge in [0, 0.05) is 17.5 Å². The lowest BCUT2D eigenvalue weighted by atomic mass is 10.2. The van der Waals surface area contributed by atoms with Gasteiger partial charge in [0.2, 0.25) is 5.82 Å². The van der Waals surface area contributed by atoms with Crippen LogP contribution in [0.5, 0.6) is 5.75 Å². The van der Waals surface area contributed by atoms with Crippen molar-refractivity contribution in [3.63, 3.8) is 0 Å². The zero-order valence-electron chi connectivity index (χ0n) is 20.5. The van der Waals surface area contributed by atoms with Crippen LogP contribution in [0.1, 0.15) is 18.6 Å². The summed E-state index contributed by atoms with van der Waals surface area (Å²) in [4.78, 5) is 16.7. The maximum atomic E-state index is 14.5. The highest BCUT2D eigenvalue weighted by atomic mass is 35.5. The lowest BCUT2D eigenvalue weighted by molar-refractivity contribution is -0.274. The van der Waals surface area contributed by atoms with Gasteiger partial charge in [-0.05, 0) is 36.4 Å². The number of rotatable bonds is 8. The highest BCUT2D eigenvalue weighted by molar-refractivity contribution is 6.30. The van der Waals surface area contributed by atoms with Crippen LogP contribution in [0.3, 0.4) is 0 Å². The highest BCUT2D eigenvalue weighted by Gasteiger charge is 2.40. The summed E-state index contributed by atoms with van der Waals surface area (Å²) in [5.41, 5.74) is -1.63. The molecule has 0 aliphatic heterocycles. The van der Waals surface area contributed by atoms with Crippen LogP contribution in [0.25, 0.3) is 17.1 Å². The van der Waals surface area contributed by atoms with Crippen molar-refractivity contribution in [3.8, 4) is 22.8 Å². The van der Waals surface area contributed by atoms with Crippen LogP contribution in [0.2, 0.25) is 5.02 Å². The molecule has 4 rings (SSSR count). The average molecular weight is 613 g/mol. The van der Waals surface area contributed by atoms with Crippen molar-refractivity contribution in [1.82, 2.24) is 29.1 Å². The second-order valence-corrected chi connectivity index (χ2v) is 9.04. The Morgan fingerprint density at radius 1 is 0.976 bits per heavy atom. The van der Waals surface area contributed by atoms with Crippen LogP contribution in [-0.2, 0) is 19.0 Å². The number of aliphatic hydroxyl groups excluding tert-OH is 1. The van der Waals surface area contributed by atoms with Gasteiger partial charge < -0.3 is 9.84 Å². The maximum Gasteiger partial charge on any atom is 0.573 e. The Balaban J connectivity index is 1.81. The van der Waals surface area contributed by atoms with Gasteiger partial charge in [0.25, 0.3) is 0 Å². The van der Waals surface area contributed by atoms with Gasteiger partial charge in [0.15, 0.2) is 23.5 Å². The second kappa shape index (κ2) is 10.8. The quantitative estimate of drug-likeness (QED) is 0.284. The summed E-state index contributed by atoms with van der Waals surface area (Å²) in [6, 6.07) is 9.66. The van der Waals surface area contributed by atoms with Crippen molar-refractivity contribution in [2.75, 3.05) is 0 Å². The Kier molecular flexibility index (Phi) is 7.88. The number of benzene rings is 2. The molecular formula is C23H17ClF8N6O3. The molecule has 220 valence electrons. The van der Waals surface area contributed by atoms with E-state index in [1.54, 1.807) is 0 Å². The third-order valence-electron chi connectivity index (χ3n) is 5.41.